The molecule has 0 saturated heterocycles. The van der Waals surface area contributed by atoms with Crippen LogP contribution < -0.4 is 0 Å². The van der Waals surface area contributed by atoms with Crippen LogP contribution in [0.5, 0.6) is 0 Å². The number of hydrogen-bond acceptors (Lipinski definition) is 1. The largest absolute Gasteiger partial charge is 0.388 e. The Hall–Kier alpha value is -1.19. The molecule has 94 valence electrons. The first-order valence-corrected chi connectivity index (χ1v) is 6.54. The van der Waals surface area contributed by atoms with E-state index in [-0.39, 0.29) is 5.82 Å². The third-order valence-electron chi connectivity index (χ3n) is 2.83. The van der Waals surface area contributed by atoms with Gasteiger partial charge in [0.1, 0.15) is 5.82 Å². The number of halogens is 2. The van der Waals surface area contributed by atoms with E-state index in [0.29, 0.717) is 12.0 Å². The Kier molecular flexibility index (Phi) is 4.15. The highest BCUT2D eigenvalue weighted by molar-refractivity contribution is 9.10. The van der Waals surface area contributed by atoms with E-state index >= 15 is 0 Å². The Morgan fingerprint density at radius 2 is 2.00 bits per heavy atom. The van der Waals surface area contributed by atoms with Crippen molar-refractivity contribution in [3.05, 3.63) is 69.4 Å². The maximum Gasteiger partial charge on any atom is 0.129 e. The van der Waals surface area contributed by atoms with Gasteiger partial charge in [0.25, 0.3) is 0 Å². The average molecular weight is 309 g/mol. The van der Waals surface area contributed by atoms with Crippen molar-refractivity contribution in [2.24, 2.45) is 0 Å². The van der Waals surface area contributed by atoms with Crippen molar-refractivity contribution in [2.45, 2.75) is 19.4 Å². The van der Waals surface area contributed by atoms with Gasteiger partial charge in [-0.15, -0.1) is 0 Å². The molecule has 2 rings (SSSR count). The Morgan fingerprint density at radius 1 is 1.22 bits per heavy atom. The van der Waals surface area contributed by atoms with Crippen LogP contribution in [0.3, 0.4) is 0 Å². The predicted octanol–water partition coefficient (Wildman–Crippen LogP) is 4.17. The second-order valence-electron chi connectivity index (χ2n) is 4.37. The molecule has 0 saturated carbocycles. The first-order chi connectivity index (χ1) is 8.56. The van der Waals surface area contributed by atoms with Crippen LogP contribution in [0.25, 0.3) is 0 Å². The van der Waals surface area contributed by atoms with Gasteiger partial charge in [0.15, 0.2) is 0 Å². The summed E-state index contributed by atoms with van der Waals surface area (Å²) in [5.74, 6) is -0.358. The van der Waals surface area contributed by atoms with E-state index in [1.54, 1.807) is 12.1 Å². The Morgan fingerprint density at radius 3 is 2.72 bits per heavy atom. The lowest BCUT2D eigenvalue weighted by Gasteiger charge is -2.13. The molecule has 0 aliphatic rings. The third kappa shape index (κ3) is 3.18. The van der Waals surface area contributed by atoms with Crippen molar-refractivity contribution in [1.29, 1.82) is 0 Å². The number of aliphatic hydroxyl groups is 1. The van der Waals surface area contributed by atoms with Crippen molar-refractivity contribution in [2.75, 3.05) is 0 Å². The number of aliphatic hydroxyl groups excluding tert-OH is 1. The van der Waals surface area contributed by atoms with E-state index in [0.717, 1.165) is 15.6 Å². The zero-order valence-corrected chi connectivity index (χ0v) is 11.6. The summed E-state index contributed by atoms with van der Waals surface area (Å²) in [7, 11) is 0. The summed E-state index contributed by atoms with van der Waals surface area (Å²) in [5.41, 5.74) is 2.27. The van der Waals surface area contributed by atoms with Crippen LogP contribution in [0.4, 0.5) is 4.39 Å². The number of rotatable bonds is 3. The van der Waals surface area contributed by atoms with Crippen molar-refractivity contribution in [1.82, 2.24) is 0 Å². The van der Waals surface area contributed by atoms with Crippen LogP contribution in [0.2, 0.25) is 0 Å². The fourth-order valence-corrected chi connectivity index (χ4v) is 2.36. The zero-order valence-electron chi connectivity index (χ0n) is 10.0. The summed E-state index contributed by atoms with van der Waals surface area (Å²) in [5, 5.41) is 10.1. The van der Waals surface area contributed by atoms with Gasteiger partial charge < -0.3 is 5.11 Å². The minimum atomic E-state index is -0.820. The first-order valence-electron chi connectivity index (χ1n) is 5.75. The number of aryl methyl sites for hydroxylation is 1. The predicted molar refractivity (Wildman–Crippen MR) is 73.9 cm³/mol. The van der Waals surface area contributed by atoms with Gasteiger partial charge in [-0.2, -0.15) is 0 Å². The lowest BCUT2D eigenvalue weighted by atomic mass is 9.99. The smallest absolute Gasteiger partial charge is 0.129 e. The Bertz CT molecular complexity index is 554. The molecule has 0 aliphatic heterocycles. The minimum absolute atomic E-state index is 0.356. The molecule has 0 fully saturated rings. The monoisotopic (exact) mass is 308 g/mol. The van der Waals surface area contributed by atoms with Crippen molar-refractivity contribution >= 4 is 15.9 Å². The van der Waals surface area contributed by atoms with Crippen LogP contribution in [-0.4, -0.2) is 5.11 Å². The fraction of sp³-hybridized carbons (Fsp3) is 0.200. The van der Waals surface area contributed by atoms with E-state index in [4.69, 9.17) is 0 Å². The second kappa shape index (κ2) is 5.63. The summed E-state index contributed by atoms with van der Waals surface area (Å²) >= 11 is 3.38. The van der Waals surface area contributed by atoms with Gasteiger partial charge in [0.2, 0.25) is 0 Å². The number of benzene rings is 2. The van der Waals surface area contributed by atoms with E-state index < -0.39 is 6.10 Å². The van der Waals surface area contributed by atoms with Crippen LogP contribution in [0.15, 0.2) is 46.9 Å². The van der Waals surface area contributed by atoms with E-state index in [1.165, 1.54) is 6.07 Å². The van der Waals surface area contributed by atoms with E-state index in [2.05, 4.69) is 15.9 Å². The summed E-state index contributed by atoms with van der Waals surface area (Å²) in [6, 6.07) is 12.5. The standard InChI is InChI=1S/C15H14BrFO/c1-10-5-6-14(17)13(7-10)15(18)9-11-3-2-4-12(16)8-11/h2-8,15,18H,9H2,1H3. The lowest BCUT2D eigenvalue weighted by molar-refractivity contribution is 0.173. The van der Waals surface area contributed by atoms with Crippen molar-refractivity contribution in [3.63, 3.8) is 0 Å². The maximum atomic E-state index is 13.6. The molecule has 0 spiro atoms. The van der Waals surface area contributed by atoms with E-state index in [9.17, 15) is 9.50 Å². The first kappa shape index (κ1) is 13.2. The summed E-state index contributed by atoms with van der Waals surface area (Å²) < 4.78 is 14.6. The van der Waals surface area contributed by atoms with Gasteiger partial charge in [0.05, 0.1) is 6.10 Å². The van der Waals surface area contributed by atoms with Crippen molar-refractivity contribution < 1.29 is 9.50 Å². The Labute approximate surface area is 114 Å². The second-order valence-corrected chi connectivity index (χ2v) is 5.29. The van der Waals surface area contributed by atoms with Crippen LogP contribution >= 0.6 is 15.9 Å². The molecule has 1 unspecified atom stereocenters. The normalized spacial score (nSPS) is 12.4. The minimum Gasteiger partial charge on any atom is -0.388 e. The zero-order chi connectivity index (χ0) is 13.1. The molecule has 1 nitrogen and oxygen atoms in total. The van der Waals surface area contributed by atoms with Crippen LogP contribution in [0, 0.1) is 12.7 Å². The van der Waals surface area contributed by atoms with Crippen molar-refractivity contribution in [3.8, 4) is 0 Å². The fourth-order valence-electron chi connectivity index (χ4n) is 1.92. The molecule has 2 aromatic rings. The molecule has 18 heavy (non-hydrogen) atoms. The Balaban J connectivity index is 2.21. The molecule has 0 aromatic heterocycles. The summed E-state index contributed by atoms with van der Waals surface area (Å²) in [4.78, 5) is 0. The van der Waals surface area contributed by atoms with Gasteiger partial charge in [-0.25, -0.2) is 4.39 Å². The molecule has 0 radical (unpaired) electrons. The molecule has 2 aromatic carbocycles. The molecular formula is C15H14BrFO. The molecule has 0 amide bonds. The summed E-state index contributed by atoms with van der Waals surface area (Å²) in [6.45, 7) is 1.88. The molecule has 1 N–H and O–H groups in total. The highest BCUT2D eigenvalue weighted by Gasteiger charge is 2.13. The maximum absolute atomic E-state index is 13.6. The molecule has 0 heterocycles. The molecule has 0 bridgehead atoms. The molecule has 1 atom stereocenters. The molecular weight excluding hydrogens is 295 g/mol. The van der Waals surface area contributed by atoms with Gasteiger partial charge >= 0.3 is 0 Å². The highest BCUT2D eigenvalue weighted by Crippen LogP contribution is 2.23. The number of hydrogen-bond donors (Lipinski definition) is 1. The molecule has 0 aliphatic carbocycles. The van der Waals surface area contributed by atoms with Gasteiger partial charge in [-0.1, -0.05) is 45.8 Å². The van der Waals surface area contributed by atoms with Crippen LogP contribution in [-0.2, 0) is 6.42 Å². The average Bonchev–Trinajstić information content (AvgIpc) is 2.32. The SMILES string of the molecule is Cc1ccc(F)c(C(O)Cc2cccc(Br)c2)c1. The van der Waals surface area contributed by atoms with Gasteiger partial charge in [0, 0.05) is 16.5 Å². The van der Waals surface area contributed by atoms with Gasteiger partial charge in [-0.05, 0) is 30.7 Å². The van der Waals surface area contributed by atoms with E-state index in [1.807, 2.05) is 31.2 Å². The third-order valence-corrected chi connectivity index (χ3v) is 3.32. The molecule has 3 heteroatoms. The lowest BCUT2D eigenvalue weighted by Crippen LogP contribution is -2.04. The quantitative estimate of drug-likeness (QED) is 0.902. The topological polar surface area (TPSA) is 20.2 Å². The van der Waals surface area contributed by atoms with Crippen LogP contribution in [0.1, 0.15) is 22.8 Å². The highest BCUT2D eigenvalue weighted by atomic mass is 79.9. The summed E-state index contributed by atoms with van der Waals surface area (Å²) in [6.07, 6.45) is -0.418. The van der Waals surface area contributed by atoms with Gasteiger partial charge in [-0.3, -0.25) is 0 Å².